The topological polar surface area (TPSA) is 39.3 Å². The molecule has 1 N–H and O–H groups in total. The van der Waals surface area contributed by atoms with Crippen LogP contribution in [0, 0.1) is 6.92 Å². The Labute approximate surface area is 119 Å². The van der Waals surface area contributed by atoms with Crippen molar-refractivity contribution in [2.45, 2.75) is 13.3 Å². The molecule has 1 aliphatic rings. The predicted molar refractivity (Wildman–Crippen MR) is 83.6 cm³/mol. The molecule has 2 heterocycles. The van der Waals surface area contributed by atoms with Gasteiger partial charge in [0.1, 0.15) is 5.82 Å². The Hall–Kier alpha value is -1.81. The highest BCUT2D eigenvalue weighted by molar-refractivity contribution is 5.86. The van der Waals surface area contributed by atoms with E-state index in [0.29, 0.717) is 0 Å². The molecule has 106 valence electrons. The number of H-pyrrole nitrogens is 1. The van der Waals surface area contributed by atoms with E-state index in [4.69, 9.17) is 0 Å². The molecule has 2 aromatic rings. The molecule has 0 amide bonds. The highest BCUT2D eigenvalue weighted by Crippen LogP contribution is 2.20. The normalized spacial score (nSPS) is 17.4. The fraction of sp³-hybridized carbons (Fsp3) is 0.438. The molecule has 1 aromatic heterocycles. The van der Waals surface area contributed by atoms with Gasteiger partial charge in [0.05, 0.1) is 0 Å². The molecule has 0 saturated carbocycles. The van der Waals surface area contributed by atoms with E-state index in [-0.39, 0.29) is 5.56 Å². The van der Waals surface area contributed by atoms with E-state index in [9.17, 15) is 4.79 Å². The van der Waals surface area contributed by atoms with Gasteiger partial charge in [-0.2, -0.15) is 0 Å². The summed E-state index contributed by atoms with van der Waals surface area (Å²) < 4.78 is 0. The van der Waals surface area contributed by atoms with E-state index in [1.54, 1.807) is 0 Å². The van der Waals surface area contributed by atoms with Crippen molar-refractivity contribution in [3.8, 4) is 0 Å². The van der Waals surface area contributed by atoms with E-state index in [0.717, 1.165) is 54.8 Å². The SMILES string of the molecule is Cc1cccc2c(=O)[nH]c(N3CCCN(C)CC3)cc12. The van der Waals surface area contributed by atoms with Crippen molar-refractivity contribution < 1.29 is 0 Å². The number of anilines is 1. The molecule has 3 rings (SSSR count). The van der Waals surface area contributed by atoms with Crippen LogP contribution in [0.25, 0.3) is 10.8 Å². The molecule has 20 heavy (non-hydrogen) atoms. The number of fused-ring (bicyclic) bond motifs is 1. The summed E-state index contributed by atoms with van der Waals surface area (Å²) in [5.74, 6) is 0.951. The van der Waals surface area contributed by atoms with Crippen LogP contribution in [-0.4, -0.2) is 43.1 Å². The highest BCUT2D eigenvalue weighted by atomic mass is 16.1. The van der Waals surface area contributed by atoms with Gasteiger partial charge in [-0.25, -0.2) is 0 Å². The van der Waals surface area contributed by atoms with Crippen molar-refractivity contribution in [1.29, 1.82) is 0 Å². The summed E-state index contributed by atoms with van der Waals surface area (Å²) in [7, 11) is 2.15. The fourth-order valence-electron chi connectivity index (χ4n) is 2.88. The van der Waals surface area contributed by atoms with Gasteiger partial charge in [-0.3, -0.25) is 4.79 Å². The molecule has 0 unspecified atom stereocenters. The first kappa shape index (κ1) is 13.2. The molecule has 0 bridgehead atoms. The van der Waals surface area contributed by atoms with E-state index >= 15 is 0 Å². The Morgan fingerprint density at radius 3 is 2.80 bits per heavy atom. The van der Waals surface area contributed by atoms with E-state index in [1.165, 1.54) is 0 Å². The van der Waals surface area contributed by atoms with Crippen LogP contribution in [0.5, 0.6) is 0 Å². The van der Waals surface area contributed by atoms with Crippen LogP contribution in [0.15, 0.2) is 29.1 Å². The molecule has 1 aliphatic heterocycles. The maximum Gasteiger partial charge on any atom is 0.257 e. The minimum absolute atomic E-state index is 0.0128. The third kappa shape index (κ3) is 2.43. The van der Waals surface area contributed by atoms with Crippen LogP contribution in [0.4, 0.5) is 5.82 Å². The van der Waals surface area contributed by atoms with Gasteiger partial charge in [-0.1, -0.05) is 12.1 Å². The van der Waals surface area contributed by atoms with Crippen LogP contribution in [-0.2, 0) is 0 Å². The quantitative estimate of drug-likeness (QED) is 0.862. The number of benzene rings is 1. The molecular weight excluding hydrogens is 250 g/mol. The van der Waals surface area contributed by atoms with Gasteiger partial charge < -0.3 is 14.8 Å². The molecule has 4 heteroatoms. The van der Waals surface area contributed by atoms with E-state index < -0.39 is 0 Å². The number of likely N-dealkylation sites (N-methyl/N-ethyl adjacent to an activating group) is 1. The molecule has 1 saturated heterocycles. The summed E-state index contributed by atoms with van der Waals surface area (Å²) in [4.78, 5) is 19.9. The van der Waals surface area contributed by atoms with Crippen molar-refractivity contribution in [3.63, 3.8) is 0 Å². The number of hydrogen-bond donors (Lipinski definition) is 1. The second-order valence-electron chi connectivity index (χ2n) is 5.66. The van der Waals surface area contributed by atoms with E-state index in [2.05, 4.69) is 40.9 Å². The van der Waals surface area contributed by atoms with Gasteiger partial charge in [0, 0.05) is 25.0 Å². The number of nitrogens with zero attached hydrogens (tertiary/aromatic N) is 2. The number of aryl methyl sites for hydroxylation is 1. The molecule has 0 spiro atoms. The first-order valence-electron chi connectivity index (χ1n) is 7.21. The van der Waals surface area contributed by atoms with Crippen molar-refractivity contribution in [2.24, 2.45) is 0 Å². The maximum absolute atomic E-state index is 12.3. The standard InChI is InChI=1S/C16H21N3O/c1-12-5-3-6-13-14(12)11-15(17-16(13)20)19-8-4-7-18(2)9-10-19/h3,5-6,11H,4,7-10H2,1-2H3,(H,17,20). The minimum atomic E-state index is 0.0128. The number of pyridine rings is 1. The highest BCUT2D eigenvalue weighted by Gasteiger charge is 2.14. The second kappa shape index (κ2) is 5.29. The Morgan fingerprint density at radius 2 is 1.95 bits per heavy atom. The van der Waals surface area contributed by atoms with Gasteiger partial charge in [-0.05, 0) is 50.0 Å². The first-order valence-corrected chi connectivity index (χ1v) is 7.21. The number of aromatic amines is 1. The van der Waals surface area contributed by atoms with Crippen LogP contribution in [0.3, 0.4) is 0 Å². The smallest absolute Gasteiger partial charge is 0.257 e. The van der Waals surface area contributed by atoms with Crippen molar-refractivity contribution in [2.75, 3.05) is 38.1 Å². The lowest BCUT2D eigenvalue weighted by atomic mass is 10.1. The van der Waals surface area contributed by atoms with Crippen LogP contribution >= 0.6 is 0 Å². The number of hydrogen-bond acceptors (Lipinski definition) is 3. The van der Waals surface area contributed by atoms with Crippen molar-refractivity contribution in [1.82, 2.24) is 9.88 Å². The molecule has 0 aliphatic carbocycles. The summed E-state index contributed by atoms with van der Waals surface area (Å²) in [6, 6.07) is 8.01. The van der Waals surface area contributed by atoms with Gasteiger partial charge in [-0.15, -0.1) is 0 Å². The third-order valence-electron chi connectivity index (χ3n) is 4.15. The Kier molecular flexibility index (Phi) is 3.49. The molecule has 4 nitrogen and oxygen atoms in total. The van der Waals surface area contributed by atoms with Crippen molar-refractivity contribution in [3.05, 3.63) is 40.2 Å². The fourth-order valence-corrected chi connectivity index (χ4v) is 2.88. The summed E-state index contributed by atoms with van der Waals surface area (Å²) in [6.07, 6.45) is 1.13. The Morgan fingerprint density at radius 1 is 1.10 bits per heavy atom. The van der Waals surface area contributed by atoms with Crippen LogP contribution in [0.2, 0.25) is 0 Å². The van der Waals surface area contributed by atoms with Crippen LogP contribution in [0.1, 0.15) is 12.0 Å². The van der Waals surface area contributed by atoms with Crippen molar-refractivity contribution >= 4 is 16.6 Å². The maximum atomic E-state index is 12.3. The van der Waals surface area contributed by atoms with Crippen LogP contribution < -0.4 is 10.5 Å². The zero-order valence-electron chi connectivity index (χ0n) is 12.1. The Balaban J connectivity index is 2.04. The average Bonchev–Trinajstić information content (AvgIpc) is 2.65. The van der Waals surface area contributed by atoms with Gasteiger partial charge in [0.15, 0.2) is 0 Å². The second-order valence-corrected chi connectivity index (χ2v) is 5.66. The average molecular weight is 271 g/mol. The lowest BCUT2D eigenvalue weighted by molar-refractivity contribution is 0.360. The molecule has 1 fully saturated rings. The molecule has 0 atom stereocenters. The third-order valence-corrected chi connectivity index (χ3v) is 4.15. The van der Waals surface area contributed by atoms with Gasteiger partial charge in [0.2, 0.25) is 0 Å². The molecular formula is C16H21N3O. The zero-order chi connectivity index (χ0) is 14.1. The number of aromatic nitrogens is 1. The van der Waals surface area contributed by atoms with Gasteiger partial charge in [0.25, 0.3) is 5.56 Å². The predicted octanol–water partition coefficient (Wildman–Crippen LogP) is 1.98. The Bertz CT molecular complexity index is 677. The summed E-state index contributed by atoms with van der Waals surface area (Å²) in [5, 5.41) is 1.84. The summed E-state index contributed by atoms with van der Waals surface area (Å²) in [6.45, 7) is 6.17. The minimum Gasteiger partial charge on any atom is -0.357 e. The monoisotopic (exact) mass is 271 g/mol. The zero-order valence-corrected chi connectivity index (χ0v) is 12.1. The number of nitrogens with one attached hydrogen (secondary N) is 1. The lowest BCUT2D eigenvalue weighted by Gasteiger charge is -2.22. The molecule has 0 radical (unpaired) electrons. The summed E-state index contributed by atoms with van der Waals surface area (Å²) >= 11 is 0. The first-order chi connectivity index (χ1) is 9.65. The largest absolute Gasteiger partial charge is 0.357 e. The molecule has 1 aromatic carbocycles. The summed E-state index contributed by atoms with van der Waals surface area (Å²) in [5.41, 5.74) is 1.17. The van der Waals surface area contributed by atoms with Gasteiger partial charge >= 0.3 is 0 Å². The lowest BCUT2D eigenvalue weighted by Crippen LogP contribution is -2.30. The number of rotatable bonds is 1. The van der Waals surface area contributed by atoms with E-state index in [1.807, 2.05) is 12.1 Å².